The van der Waals surface area contributed by atoms with Gasteiger partial charge in [-0.2, -0.15) is 0 Å². The second-order valence-electron chi connectivity index (χ2n) is 4.49. The van der Waals surface area contributed by atoms with Crippen LogP contribution in [0.15, 0.2) is 0 Å². The van der Waals surface area contributed by atoms with E-state index in [1.54, 1.807) is 0 Å². The van der Waals surface area contributed by atoms with Crippen LogP contribution in [-0.4, -0.2) is 29.2 Å². The molecule has 1 atom stereocenters. The Morgan fingerprint density at radius 2 is 2.15 bits per heavy atom. The molecule has 13 heavy (non-hydrogen) atoms. The molecule has 1 unspecified atom stereocenters. The summed E-state index contributed by atoms with van der Waals surface area (Å²) in [4.78, 5) is 13.5. The molecule has 1 amide bonds. The van der Waals surface area contributed by atoms with Gasteiger partial charge in [0.25, 0.3) is 0 Å². The minimum Gasteiger partial charge on any atom is -0.441 e. The third-order valence-electron chi connectivity index (χ3n) is 3.84. The molecule has 2 aliphatic heterocycles. The van der Waals surface area contributed by atoms with Gasteiger partial charge in [-0.3, -0.25) is 0 Å². The number of rotatable bonds is 0. The fourth-order valence-corrected chi connectivity index (χ4v) is 2.96. The lowest BCUT2D eigenvalue weighted by atomic mass is 9.72. The molecule has 0 N–H and O–H groups in total. The van der Waals surface area contributed by atoms with E-state index >= 15 is 0 Å². The summed E-state index contributed by atoms with van der Waals surface area (Å²) >= 11 is 0. The zero-order valence-electron chi connectivity index (χ0n) is 7.79. The number of amides is 1. The van der Waals surface area contributed by atoms with Gasteiger partial charge in [-0.25, -0.2) is 4.79 Å². The van der Waals surface area contributed by atoms with Crippen molar-refractivity contribution >= 4 is 6.09 Å². The highest BCUT2D eigenvalue weighted by Gasteiger charge is 2.57. The maximum atomic E-state index is 11.5. The van der Waals surface area contributed by atoms with Crippen molar-refractivity contribution in [2.45, 2.75) is 50.2 Å². The number of piperidine rings is 1. The largest absolute Gasteiger partial charge is 0.441 e. The summed E-state index contributed by atoms with van der Waals surface area (Å²) in [5.41, 5.74) is -0.0441. The highest BCUT2D eigenvalue weighted by molar-refractivity contribution is 5.72. The van der Waals surface area contributed by atoms with Gasteiger partial charge in [0, 0.05) is 6.54 Å². The highest BCUT2D eigenvalue weighted by Crippen LogP contribution is 2.48. The topological polar surface area (TPSA) is 29.5 Å². The summed E-state index contributed by atoms with van der Waals surface area (Å²) in [7, 11) is 0. The molecule has 3 aliphatic rings. The van der Waals surface area contributed by atoms with Crippen LogP contribution in [0.1, 0.15) is 38.5 Å². The summed E-state index contributed by atoms with van der Waals surface area (Å²) < 4.78 is 5.52. The molecule has 3 nitrogen and oxygen atoms in total. The summed E-state index contributed by atoms with van der Waals surface area (Å²) in [6.45, 7) is 0.922. The van der Waals surface area contributed by atoms with Gasteiger partial charge in [-0.1, -0.05) is 0 Å². The quantitative estimate of drug-likeness (QED) is 0.571. The van der Waals surface area contributed by atoms with Crippen molar-refractivity contribution in [1.82, 2.24) is 4.90 Å². The van der Waals surface area contributed by atoms with Crippen LogP contribution in [0.25, 0.3) is 0 Å². The first-order valence-corrected chi connectivity index (χ1v) is 5.31. The monoisotopic (exact) mass is 181 g/mol. The zero-order chi connectivity index (χ0) is 8.89. The zero-order valence-corrected chi connectivity index (χ0v) is 7.79. The van der Waals surface area contributed by atoms with Crippen LogP contribution in [0.2, 0.25) is 0 Å². The van der Waals surface area contributed by atoms with Crippen LogP contribution < -0.4 is 0 Å². The van der Waals surface area contributed by atoms with Crippen LogP contribution in [-0.2, 0) is 4.74 Å². The average molecular weight is 181 g/mol. The fourth-order valence-electron chi connectivity index (χ4n) is 2.96. The fraction of sp³-hybridized carbons (Fsp3) is 0.900. The molecule has 3 heteroatoms. The Kier molecular flexibility index (Phi) is 1.41. The molecule has 0 bridgehead atoms. The number of fused-ring (bicyclic) bond motifs is 2. The molecule has 1 saturated carbocycles. The van der Waals surface area contributed by atoms with E-state index in [-0.39, 0.29) is 11.7 Å². The number of ether oxygens (including phenoxy) is 1. The van der Waals surface area contributed by atoms with E-state index in [1.165, 1.54) is 12.8 Å². The number of hydrogen-bond acceptors (Lipinski definition) is 2. The SMILES string of the molecule is O=C1OC2(CCC2)C2CCCCN12. The Morgan fingerprint density at radius 3 is 2.85 bits per heavy atom. The van der Waals surface area contributed by atoms with Crippen molar-refractivity contribution in [3.63, 3.8) is 0 Å². The lowest BCUT2D eigenvalue weighted by Gasteiger charge is -2.43. The van der Waals surface area contributed by atoms with Gasteiger partial charge in [0.05, 0.1) is 6.04 Å². The van der Waals surface area contributed by atoms with Crippen LogP contribution >= 0.6 is 0 Å². The molecule has 72 valence electrons. The smallest absolute Gasteiger partial charge is 0.410 e. The lowest BCUT2D eigenvalue weighted by Crippen LogP contribution is -2.51. The molecule has 3 rings (SSSR count). The first kappa shape index (κ1) is 7.65. The molecular weight excluding hydrogens is 166 g/mol. The van der Waals surface area contributed by atoms with Crippen molar-refractivity contribution in [3.05, 3.63) is 0 Å². The van der Waals surface area contributed by atoms with Gasteiger partial charge in [-0.15, -0.1) is 0 Å². The van der Waals surface area contributed by atoms with Gasteiger partial charge in [0.15, 0.2) is 0 Å². The second-order valence-corrected chi connectivity index (χ2v) is 4.49. The van der Waals surface area contributed by atoms with Gasteiger partial charge < -0.3 is 9.64 Å². The van der Waals surface area contributed by atoms with Crippen molar-refractivity contribution in [3.8, 4) is 0 Å². The van der Waals surface area contributed by atoms with Gasteiger partial charge >= 0.3 is 6.09 Å². The molecule has 0 radical (unpaired) electrons. The molecule has 0 aromatic rings. The van der Waals surface area contributed by atoms with Gasteiger partial charge in [0.2, 0.25) is 0 Å². The van der Waals surface area contributed by atoms with E-state index in [0.29, 0.717) is 6.04 Å². The predicted octanol–water partition coefficient (Wildman–Crippen LogP) is 1.91. The Hall–Kier alpha value is -0.730. The van der Waals surface area contributed by atoms with E-state index in [9.17, 15) is 4.79 Å². The molecule has 0 aromatic carbocycles. The number of nitrogens with zero attached hydrogens (tertiary/aromatic N) is 1. The molecule has 1 spiro atoms. The Bertz CT molecular complexity index is 247. The third kappa shape index (κ3) is 0.875. The molecule has 1 aliphatic carbocycles. The summed E-state index contributed by atoms with van der Waals surface area (Å²) in [5.74, 6) is 0. The van der Waals surface area contributed by atoms with E-state index < -0.39 is 0 Å². The molecule has 2 heterocycles. The maximum Gasteiger partial charge on any atom is 0.410 e. The van der Waals surface area contributed by atoms with Crippen molar-refractivity contribution in [2.24, 2.45) is 0 Å². The van der Waals surface area contributed by atoms with E-state index in [2.05, 4.69) is 0 Å². The maximum absolute atomic E-state index is 11.5. The van der Waals surface area contributed by atoms with Crippen LogP contribution in [0, 0.1) is 0 Å². The van der Waals surface area contributed by atoms with Crippen LogP contribution in [0.3, 0.4) is 0 Å². The van der Waals surface area contributed by atoms with Crippen molar-refractivity contribution in [2.75, 3.05) is 6.54 Å². The Morgan fingerprint density at radius 1 is 1.31 bits per heavy atom. The molecule has 2 saturated heterocycles. The Labute approximate surface area is 78.0 Å². The third-order valence-corrected chi connectivity index (χ3v) is 3.84. The van der Waals surface area contributed by atoms with E-state index in [4.69, 9.17) is 4.74 Å². The number of carbonyl (C=O) groups excluding carboxylic acids is 1. The normalized spacial score (nSPS) is 35.5. The number of carbonyl (C=O) groups is 1. The van der Waals surface area contributed by atoms with Crippen molar-refractivity contribution < 1.29 is 9.53 Å². The van der Waals surface area contributed by atoms with Crippen LogP contribution in [0.5, 0.6) is 0 Å². The van der Waals surface area contributed by atoms with E-state index in [1.807, 2.05) is 4.90 Å². The minimum atomic E-state index is -0.0515. The molecule has 0 aromatic heterocycles. The van der Waals surface area contributed by atoms with E-state index in [0.717, 1.165) is 32.2 Å². The first-order chi connectivity index (χ1) is 6.32. The minimum absolute atomic E-state index is 0.0441. The second kappa shape index (κ2) is 2.40. The average Bonchev–Trinajstić information content (AvgIpc) is 2.40. The standard InChI is InChI=1S/C10H15NO2/c12-9-11-7-2-1-4-8(11)10(13-9)5-3-6-10/h8H,1-7H2. The Balaban J connectivity index is 1.89. The molecule has 3 fully saturated rings. The lowest BCUT2D eigenvalue weighted by molar-refractivity contribution is -0.0375. The summed E-state index contributed by atoms with van der Waals surface area (Å²) in [6.07, 6.45) is 6.95. The van der Waals surface area contributed by atoms with Gasteiger partial charge in [-0.05, 0) is 38.5 Å². The van der Waals surface area contributed by atoms with Crippen LogP contribution in [0.4, 0.5) is 4.79 Å². The summed E-state index contributed by atoms with van der Waals surface area (Å²) in [5, 5.41) is 0. The summed E-state index contributed by atoms with van der Waals surface area (Å²) in [6, 6.07) is 0.419. The first-order valence-electron chi connectivity index (χ1n) is 5.31. The highest BCUT2D eigenvalue weighted by atomic mass is 16.6. The molecular formula is C10H15NO2. The predicted molar refractivity (Wildman–Crippen MR) is 47.4 cm³/mol. The van der Waals surface area contributed by atoms with Gasteiger partial charge in [0.1, 0.15) is 5.60 Å². The number of hydrogen-bond donors (Lipinski definition) is 0. The van der Waals surface area contributed by atoms with Crippen molar-refractivity contribution in [1.29, 1.82) is 0 Å².